The number of hydrogen-bond acceptors (Lipinski definition) is 3. The van der Waals surface area contributed by atoms with E-state index in [4.69, 9.17) is 4.74 Å². The topological polar surface area (TPSA) is 66.8 Å². The summed E-state index contributed by atoms with van der Waals surface area (Å²) in [5.41, 5.74) is 0. The number of amides is 1. The Hall–Kier alpha value is -1.10. The fraction of sp³-hybridized carbons (Fsp3) is 0.867. The largest absolute Gasteiger partial charge is 0.480 e. The van der Waals surface area contributed by atoms with E-state index < -0.39 is 12.0 Å². The van der Waals surface area contributed by atoms with Crippen molar-refractivity contribution in [3.8, 4) is 0 Å². The number of rotatable bonds is 3. The highest BCUT2D eigenvalue weighted by Crippen LogP contribution is 2.40. The third-order valence-electron chi connectivity index (χ3n) is 5.15. The molecule has 4 unspecified atom stereocenters. The number of ether oxygens (including phenoxy) is 1. The summed E-state index contributed by atoms with van der Waals surface area (Å²) in [6.45, 7) is 1.37. The van der Waals surface area contributed by atoms with Crippen molar-refractivity contribution in [2.75, 3.05) is 13.2 Å². The minimum atomic E-state index is -0.838. The van der Waals surface area contributed by atoms with Crippen LogP contribution in [0.1, 0.15) is 44.9 Å². The third kappa shape index (κ3) is 2.55. The lowest BCUT2D eigenvalue weighted by Crippen LogP contribution is -2.46. The summed E-state index contributed by atoms with van der Waals surface area (Å²) >= 11 is 0. The number of likely N-dealkylation sites (tertiary alicyclic amines) is 1. The second-order valence-corrected chi connectivity index (χ2v) is 6.44. The first-order chi connectivity index (χ1) is 9.66. The lowest BCUT2D eigenvalue weighted by atomic mass is 9.84. The van der Waals surface area contributed by atoms with E-state index in [0.29, 0.717) is 25.4 Å². The van der Waals surface area contributed by atoms with Crippen LogP contribution in [-0.4, -0.2) is 47.2 Å². The number of carbonyl (C=O) groups excluding carboxylic acids is 1. The van der Waals surface area contributed by atoms with E-state index in [1.165, 1.54) is 6.42 Å². The Morgan fingerprint density at radius 2 is 2.00 bits per heavy atom. The van der Waals surface area contributed by atoms with E-state index in [-0.39, 0.29) is 17.9 Å². The summed E-state index contributed by atoms with van der Waals surface area (Å²) in [7, 11) is 0. The van der Waals surface area contributed by atoms with Gasteiger partial charge >= 0.3 is 5.97 Å². The summed E-state index contributed by atoms with van der Waals surface area (Å²) in [5.74, 6) is -0.133. The molecule has 1 aliphatic carbocycles. The van der Waals surface area contributed by atoms with Crippen molar-refractivity contribution in [2.45, 2.75) is 57.0 Å². The fourth-order valence-electron chi connectivity index (χ4n) is 4.14. The number of carboxylic acids is 1. The van der Waals surface area contributed by atoms with E-state index in [2.05, 4.69) is 0 Å². The molecule has 2 heterocycles. The second kappa shape index (κ2) is 5.72. The maximum Gasteiger partial charge on any atom is 0.326 e. The van der Waals surface area contributed by atoms with Crippen molar-refractivity contribution in [3.63, 3.8) is 0 Å². The molecule has 1 amide bonds. The zero-order chi connectivity index (χ0) is 14.1. The Balaban J connectivity index is 1.72. The normalized spacial score (nSPS) is 36.9. The van der Waals surface area contributed by atoms with Crippen molar-refractivity contribution < 1.29 is 19.4 Å². The van der Waals surface area contributed by atoms with Crippen molar-refractivity contribution >= 4 is 11.9 Å². The molecule has 0 radical (unpaired) electrons. The highest BCUT2D eigenvalue weighted by molar-refractivity contribution is 5.85. The lowest BCUT2D eigenvalue weighted by molar-refractivity contribution is -0.150. The molecule has 5 nitrogen and oxygen atoms in total. The van der Waals surface area contributed by atoms with Crippen molar-refractivity contribution in [1.82, 2.24) is 4.90 Å². The minimum absolute atomic E-state index is 0.0299. The van der Waals surface area contributed by atoms with E-state index in [9.17, 15) is 14.7 Å². The molecular formula is C15H23NO4. The molecule has 0 bridgehead atoms. The molecule has 112 valence electrons. The first-order valence-electron chi connectivity index (χ1n) is 7.78. The third-order valence-corrected chi connectivity index (χ3v) is 5.15. The summed E-state index contributed by atoms with van der Waals surface area (Å²) < 4.78 is 5.31. The summed E-state index contributed by atoms with van der Waals surface area (Å²) in [4.78, 5) is 25.8. The standard InChI is InChI=1S/C15H23NO4/c17-14(7-10-5-6-20-9-10)16-12-4-2-1-3-11(12)8-13(16)15(18)19/h10-13H,1-9H2,(H,18,19). The number of carboxylic acid groups (broad SMARTS) is 1. The number of aliphatic carboxylic acids is 1. The van der Waals surface area contributed by atoms with Gasteiger partial charge in [0.2, 0.25) is 5.91 Å². The van der Waals surface area contributed by atoms with E-state index in [0.717, 1.165) is 32.3 Å². The Bertz CT molecular complexity index is 391. The van der Waals surface area contributed by atoms with Crippen molar-refractivity contribution in [2.24, 2.45) is 11.8 Å². The Morgan fingerprint density at radius 1 is 1.20 bits per heavy atom. The fourth-order valence-corrected chi connectivity index (χ4v) is 4.14. The highest BCUT2D eigenvalue weighted by atomic mass is 16.5. The van der Waals surface area contributed by atoms with Crippen molar-refractivity contribution in [1.29, 1.82) is 0 Å². The van der Waals surface area contributed by atoms with Gasteiger partial charge in [-0.05, 0) is 37.5 Å². The van der Waals surface area contributed by atoms with Gasteiger partial charge in [0.25, 0.3) is 0 Å². The molecule has 0 spiro atoms. The Labute approximate surface area is 119 Å². The Kier molecular flexibility index (Phi) is 3.96. The lowest BCUT2D eigenvalue weighted by Gasteiger charge is -2.33. The zero-order valence-corrected chi connectivity index (χ0v) is 11.8. The highest BCUT2D eigenvalue weighted by Gasteiger charge is 2.47. The molecule has 1 N–H and O–H groups in total. The molecule has 3 aliphatic rings. The summed E-state index contributed by atoms with van der Waals surface area (Å²) in [5, 5.41) is 9.42. The zero-order valence-electron chi connectivity index (χ0n) is 11.8. The quantitative estimate of drug-likeness (QED) is 0.854. The van der Waals surface area contributed by atoms with Crippen molar-refractivity contribution in [3.05, 3.63) is 0 Å². The van der Waals surface area contributed by atoms with Gasteiger partial charge in [-0.3, -0.25) is 4.79 Å². The van der Waals surface area contributed by atoms with Gasteiger partial charge < -0.3 is 14.7 Å². The second-order valence-electron chi connectivity index (χ2n) is 6.44. The van der Waals surface area contributed by atoms with Gasteiger partial charge in [0, 0.05) is 25.7 Å². The van der Waals surface area contributed by atoms with Gasteiger partial charge in [-0.15, -0.1) is 0 Å². The number of hydrogen-bond donors (Lipinski definition) is 1. The monoisotopic (exact) mass is 281 g/mol. The first-order valence-corrected chi connectivity index (χ1v) is 7.78. The van der Waals surface area contributed by atoms with Crippen LogP contribution in [0.2, 0.25) is 0 Å². The average molecular weight is 281 g/mol. The molecule has 2 saturated heterocycles. The minimum Gasteiger partial charge on any atom is -0.480 e. The van der Waals surface area contributed by atoms with Crippen LogP contribution in [0.3, 0.4) is 0 Å². The molecule has 2 aliphatic heterocycles. The van der Waals surface area contributed by atoms with Crippen LogP contribution in [0.4, 0.5) is 0 Å². The molecule has 20 heavy (non-hydrogen) atoms. The molecule has 5 heteroatoms. The van der Waals surface area contributed by atoms with Crippen LogP contribution in [0.25, 0.3) is 0 Å². The van der Waals surface area contributed by atoms with Gasteiger partial charge in [-0.2, -0.15) is 0 Å². The van der Waals surface area contributed by atoms with Gasteiger partial charge in [0.1, 0.15) is 6.04 Å². The molecule has 3 rings (SSSR count). The maximum absolute atomic E-state index is 12.6. The van der Waals surface area contributed by atoms with Gasteiger partial charge in [-0.1, -0.05) is 12.8 Å². The van der Waals surface area contributed by atoms with Gasteiger partial charge in [0.05, 0.1) is 0 Å². The summed E-state index contributed by atoms with van der Waals surface area (Å²) in [6.07, 6.45) is 6.35. The molecular weight excluding hydrogens is 258 g/mol. The summed E-state index contributed by atoms with van der Waals surface area (Å²) in [6, 6.07) is -0.433. The van der Waals surface area contributed by atoms with Crippen LogP contribution in [-0.2, 0) is 14.3 Å². The molecule has 0 aromatic carbocycles. The van der Waals surface area contributed by atoms with E-state index in [1.54, 1.807) is 4.90 Å². The van der Waals surface area contributed by atoms with Crippen LogP contribution >= 0.6 is 0 Å². The maximum atomic E-state index is 12.6. The van der Waals surface area contributed by atoms with Crippen LogP contribution in [0.15, 0.2) is 0 Å². The average Bonchev–Trinajstić information content (AvgIpc) is 3.04. The Morgan fingerprint density at radius 3 is 2.70 bits per heavy atom. The predicted octanol–water partition coefficient (Wildman–Crippen LogP) is 1.66. The molecule has 0 aromatic heterocycles. The van der Waals surface area contributed by atoms with Gasteiger partial charge in [-0.25, -0.2) is 4.79 Å². The van der Waals surface area contributed by atoms with Crippen LogP contribution < -0.4 is 0 Å². The molecule has 4 atom stereocenters. The van der Waals surface area contributed by atoms with E-state index in [1.807, 2.05) is 0 Å². The number of nitrogens with zero attached hydrogens (tertiary/aromatic N) is 1. The predicted molar refractivity (Wildman–Crippen MR) is 72.2 cm³/mol. The molecule has 0 aromatic rings. The van der Waals surface area contributed by atoms with Crippen LogP contribution in [0.5, 0.6) is 0 Å². The SMILES string of the molecule is O=C(O)C1CC2CCCCC2N1C(=O)CC1CCOC1. The first kappa shape index (κ1) is 13.9. The van der Waals surface area contributed by atoms with Crippen LogP contribution in [0, 0.1) is 11.8 Å². The molecule has 1 saturated carbocycles. The van der Waals surface area contributed by atoms with E-state index >= 15 is 0 Å². The van der Waals surface area contributed by atoms with Gasteiger partial charge in [0.15, 0.2) is 0 Å². The number of carbonyl (C=O) groups is 2. The smallest absolute Gasteiger partial charge is 0.326 e. The number of fused-ring (bicyclic) bond motifs is 1. The molecule has 3 fully saturated rings.